The molecular formula is C12H18N6O. The van der Waals surface area contributed by atoms with E-state index in [-0.39, 0.29) is 5.91 Å². The number of hydrogen-bond donors (Lipinski definition) is 2. The molecular weight excluding hydrogens is 244 g/mol. The van der Waals surface area contributed by atoms with Crippen LogP contribution in [0.25, 0.3) is 0 Å². The van der Waals surface area contributed by atoms with Crippen molar-refractivity contribution in [1.82, 2.24) is 25.0 Å². The molecule has 0 aliphatic heterocycles. The Bertz CT molecular complexity index is 597. The third-order valence-corrected chi connectivity index (χ3v) is 3.11. The fourth-order valence-corrected chi connectivity index (χ4v) is 2.00. The van der Waals surface area contributed by atoms with E-state index >= 15 is 0 Å². The minimum atomic E-state index is -0.0957. The summed E-state index contributed by atoms with van der Waals surface area (Å²) in [6.07, 6.45) is 1.06. The lowest BCUT2D eigenvalue weighted by Gasteiger charge is -2.02. The van der Waals surface area contributed by atoms with Crippen LogP contribution in [0.3, 0.4) is 0 Å². The van der Waals surface area contributed by atoms with Gasteiger partial charge in [-0.15, -0.1) is 5.10 Å². The molecule has 2 N–H and O–H groups in total. The standard InChI is InChI=1S/C12H18N6O/c1-7-10(8(2)18(4)17-7)5-6-11(19)14-12-13-9(3)15-16-12/h5-6H2,1-4H3,(H2,13,14,15,16,19). The van der Waals surface area contributed by atoms with E-state index < -0.39 is 0 Å². The molecule has 0 saturated carbocycles. The Morgan fingerprint density at radius 2 is 2.11 bits per heavy atom. The van der Waals surface area contributed by atoms with Gasteiger partial charge in [-0.25, -0.2) is 0 Å². The van der Waals surface area contributed by atoms with Crippen molar-refractivity contribution in [2.24, 2.45) is 7.05 Å². The van der Waals surface area contributed by atoms with Gasteiger partial charge in [0.1, 0.15) is 5.82 Å². The van der Waals surface area contributed by atoms with Crippen molar-refractivity contribution >= 4 is 11.9 Å². The quantitative estimate of drug-likeness (QED) is 0.861. The predicted molar refractivity (Wildman–Crippen MR) is 70.8 cm³/mol. The highest BCUT2D eigenvalue weighted by Gasteiger charge is 2.12. The van der Waals surface area contributed by atoms with Crippen molar-refractivity contribution < 1.29 is 4.79 Å². The number of aromatic amines is 1. The Balaban J connectivity index is 1.93. The molecule has 0 aromatic carbocycles. The maximum absolute atomic E-state index is 11.8. The van der Waals surface area contributed by atoms with Gasteiger partial charge in [0.25, 0.3) is 0 Å². The summed E-state index contributed by atoms with van der Waals surface area (Å²) in [5, 5.41) is 13.5. The molecule has 0 bridgehead atoms. The van der Waals surface area contributed by atoms with Gasteiger partial charge in [-0.2, -0.15) is 10.1 Å². The van der Waals surface area contributed by atoms with Gasteiger partial charge in [0.2, 0.25) is 11.9 Å². The lowest BCUT2D eigenvalue weighted by Crippen LogP contribution is -2.13. The van der Waals surface area contributed by atoms with Gasteiger partial charge in [-0.1, -0.05) is 0 Å². The molecule has 0 saturated heterocycles. The molecule has 1 amide bonds. The van der Waals surface area contributed by atoms with E-state index in [0.29, 0.717) is 24.6 Å². The maximum Gasteiger partial charge on any atom is 0.248 e. The zero-order chi connectivity index (χ0) is 14.0. The van der Waals surface area contributed by atoms with Crippen LogP contribution >= 0.6 is 0 Å². The Morgan fingerprint density at radius 1 is 1.37 bits per heavy atom. The van der Waals surface area contributed by atoms with Gasteiger partial charge in [0.15, 0.2) is 0 Å². The highest BCUT2D eigenvalue weighted by Crippen LogP contribution is 2.14. The molecule has 2 heterocycles. The first-order valence-corrected chi connectivity index (χ1v) is 6.15. The van der Waals surface area contributed by atoms with E-state index in [1.165, 1.54) is 0 Å². The molecule has 0 aliphatic carbocycles. The van der Waals surface area contributed by atoms with Gasteiger partial charge >= 0.3 is 0 Å². The molecule has 7 heteroatoms. The lowest BCUT2D eigenvalue weighted by molar-refractivity contribution is -0.116. The van der Waals surface area contributed by atoms with Crippen LogP contribution in [0, 0.1) is 20.8 Å². The SMILES string of the molecule is Cc1nc(NC(=O)CCc2c(C)nn(C)c2C)n[nH]1. The van der Waals surface area contributed by atoms with Gasteiger partial charge in [-0.3, -0.25) is 19.9 Å². The highest BCUT2D eigenvalue weighted by atomic mass is 16.1. The third-order valence-electron chi connectivity index (χ3n) is 3.11. The number of carbonyl (C=O) groups excluding carboxylic acids is 1. The smallest absolute Gasteiger partial charge is 0.248 e. The number of nitrogens with zero attached hydrogens (tertiary/aromatic N) is 4. The van der Waals surface area contributed by atoms with Crippen LogP contribution in [0.4, 0.5) is 5.95 Å². The Hall–Kier alpha value is -2.18. The van der Waals surface area contributed by atoms with Crippen molar-refractivity contribution in [2.45, 2.75) is 33.6 Å². The van der Waals surface area contributed by atoms with Gasteiger partial charge in [0, 0.05) is 19.2 Å². The van der Waals surface area contributed by atoms with Crippen LogP contribution in [0.5, 0.6) is 0 Å². The fraction of sp³-hybridized carbons (Fsp3) is 0.500. The summed E-state index contributed by atoms with van der Waals surface area (Å²) in [4.78, 5) is 15.8. The van der Waals surface area contributed by atoms with Crippen LogP contribution < -0.4 is 5.32 Å². The Kier molecular flexibility index (Phi) is 3.64. The molecule has 7 nitrogen and oxygen atoms in total. The third kappa shape index (κ3) is 2.98. The Labute approximate surface area is 111 Å². The number of amides is 1. The largest absolute Gasteiger partial charge is 0.293 e. The first-order chi connectivity index (χ1) is 8.97. The van der Waals surface area contributed by atoms with E-state index in [1.807, 2.05) is 25.6 Å². The number of carbonyl (C=O) groups is 1. The van der Waals surface area contributed by atoms with E-state index in [4.69, 9.17) is 0 Å². The van der Waals surface area contributed by atoms with E-state index in [9.17, 15) is 4.79 Å². The second-order valence-electron chi connectivity index (χ2n) is 4.57. The molecule has 0 aliphatic rings. The van der Waals surface area contributed by atoms with E-state index in [1.54, 1.807) is 6.92 Å². The summed E-state index contributed by atoms with van der Waals surface area (Å²) in [6, 6.07) is 0. The van der Waals surface area contributed by atoms with Crippen molar-refractivity contribution in [3.05, 3.63) is 22.8 Å². The van der Waals surface area contributed by atoms with Crippen molar-refractivity contribution in [1.29, 1.82) is 0 Å². The summed E-state index contributed by atoms with van der Waals surface area (Å²) in [5.74, 6) is 0.901. The van der Waals surface area contributed by atoms with Crippen LogP contribution in [0.15, 0.2) is 0 Å². The minimum absolute atomic E-state index is 0.0957. The first-order valence-electron chi connectivity index (χ1n) is 6.15. The molecule has 102 valence electrons. The summed E-state index contributed by atoms with van der Waals surface area (Å²) < 4.78 is 1.83. The van der Waals surface area contributed by atoms with Crippen molar-refractivity contribution in [3.8, 4) is 0 Å². The van der Waals surface area contributed by atoms with Crippen LogP contribution in [-0.4, -0.2) is 30.9 Å². The van der Waals surface area contributed by atoms with E-state index in [0.717, 1.165) is 17.0 Å². The fourth-order valence-electron chi connectivity index (χ4n) is 2.00. The zero-order valence-corrected chi connectivity index (χ0v) is 11.6. The number of nitrogens with one attached hydrogen (secondary N) is 2. The number of hydrogen-bond acceptors (Lipinski definition) is 4. The molecule has 0 spiro atoms. The number of H-pyrrole nitrogens is 1. The Morgan fingerprint density at radius 3 is 2.63 bits per heavy atom. The summed E-state index contributed by atoms with van der Waals surface area (Å²) >= 11 is 0. The molecule has 0 fully saturated rings. The highest BCUT2D eigenvalue weighted by molar-refractivity contribution is 5.89. The van der Waals surface area contributed by atoms with Gasteiger partial charge in [-0.05, 0) is 32.8 Å². The van der Waals surface area contributed by atoms with Crippen molar-refractivity contribution in [2.75, 3.05) is 5.32 Å². The number of aromatic nitrogens is 5. The number of aryl methyl sites for hydroxylation is 3. The molecule has 0 unspecified atom stereocenters. The second kappa shape index (κ2) is 5.21. The number of rotatable bonds is 4. The molecule has 0 atom stereocenters. The second-order valence-corrected chi connectivity index (χ2v) is 4.57. The molecule has 19 heavy (non-hydrogen) atoms. The molecule has 2 rings (SSSR count). The molecule has 2 aromatic rings. The van der Waals surface area contributed by atoms with Crippen molar-refractivity contribution in [3.63, 3.8) is 0 Å². The molecule has 2 aromatic heterocycles. The van der Waals surface area contributed by atoms with Gasteiger partial charge < -0.3 is 0 Å². The summed E-state index contributed by atoms with van der Waals surface area (Å²) in [7, 11) is 1.91. The zero-order valence-electron chi connectivity index (χ0n) is 11.6. The average Bonchev–Trinajstić information content (AvgIpc) is 2.83. The minimum Gasteiger partial charge on any atom is -0.293 e. The summed E-state index contributed by atoms with van der Waals surface area (Å²) in [5.41, 5.74) is 3.20. The maximum atomic E-state index is 11.8. The van der Waals surface area contributed by atoms with Crippen LogP contribution in [0.1, 0.15) is 29.2 Å². The average molecular weight is 262 g/mol. The normalized spacial score (nSPS) is 10.7. The predicted octanol–water partition coefficient (Wildman–Crippen LogP) is 1.03. The monoisotopic (exact) mass is 262 g/mol. The molecule has 0 radical (unpaired) electrons. The topological polar surface area (TPSA) is 88.5 Å². The first kappa shape index (κ1) is 13.3. The van der Waals surface area contributed by atoms with E-state index in [2.05, 4.69) is 25.6 Å². The lowest BCUT2D eigenvalue weighted by atomic mass is 10.1. The van der Waals surface area contributed by atoms with Crippen LogP contribution in [0.2, 0.25) is 0 Å². The number of anilines is 1. The summed E-state index contributed by atoms with van der Waals surface area (Å²) in [6.45, 7) is 5.75. The van der Waals surface area contributed by atoms with Crippen LogP contribution in [-0.2, 0) is 18.3 Å². The van der Waals surface area contributed by atoms with Gasteiger partial charge in [0.05, 0.1) is 5.69 Å².